The first kappa shape index (κ1) is 11.8. The molecule has 0 radical (unpaired) electrons. The molecule has 0 amide bonds. The Hall–Kier alpha value is -1.68. The van der Waals surface area contributed by atoms with Crippen LogP contribution in [0.5, 0.6) is 5.75 Å². The monoisotopic (exact) mass is 246 g/mol. The number of pyridine rings is 1. The minimum Gasteiger partial charge on any atom is -0.492 e. The molecule has 0 aliphatic carbocycles. The lowest BCUT2D eigenvalue weighted by Crippen LogP contribution is -2.12. The Kier molecular flexibility index (Phi) is 3.24. The molecule has 17 heavy (non-hydrogen) atoms. The van der Waals surface area contributed by atoms with Gasteiger partial charge in [0.25, 0.3) is 0 Å². The molecular formula is C13H14N2OS. The predicted octanol–water partition coefficient (Wildman–Crippen LogP) is 2.58. The Bertz CT molecular complexity index is 581. The Morgan fingerprint density at radius 1 is 1.47 bits per heavy atom. The zero-order valence-corrected chi connectivity index (χ0v) is 10.7. The van der Waals surface area contributed by atoms with Gasteiger partial charge in [-0.25, -0.2) is 4.98 Å². The molecule has 2 aromatic rings. The van der Waals surface area contributed by atoms with E-state index in [-0.39, 0.29) is 0 Å². The van der Waals surface area contributed by atoms with Crippen LogP contribution in [0.1, 0.15) is 18.2 Å². The second kappa shape index (κ2) is 4.67. The molecule has 1 aromatic heterocycles. The molecule has 0 saturated carbocycles. The molecule has 4 heteroatoms. The SMILES string of the molecule is CCOc1cccc2c(C)cc(C(N)=S)nc12. The van der Waals surface area contributed by atoms with Crippen LogP contribution in [0.15, 0.2) is 24.3 Å². The topological polar surface area (TPSA) is 48.1 Å². The van der Waals surface area contributed by atoms with Crippen molar-refractivity contribution in [2.75, 3.05) is 6.61 Å². The molecule has 1 heterocycles. The van der Waals surface area contributed by atoms with Gasteiger partial charge in [0, 0.05) is 5.39 Å². The zero-order valence-electron chi connectivity index (χ0n) is 9.86. The van der Waals surface area contributed by atoms with Crippen LogP contribution in [-0.4, -0.2) is 16.6 Å². The highest BCUT2D eigenvalue weighted by Gasteiger charge is 2.08. The van der Waals surface area contributed by atoms with E-state index in [4.69, 9.17) is 22.7 Å². The molecule has 0 atom stereocenters. The van der Waals surface area contributed by atoms with Crippen LogP contribution in [0.25, 0.3) is 10.9 Å². The van der Waals surface area contributed by atoms with Crippen molar-refractivity contribution >= 4 is 28.1 Å². The zero-order chi connectivity index (χ0) is 12.4. The van der Waals surface area contributed by atoms with Crippen molar-refractivity contribution in [1.29, 1.82) is 0 Å². The first-order valence-electron chi connectivity index (χ1n) is 5.46. The molecule has 2 rings (SSSR count). The second-order valence-electron chi connectivity index (χ2n) is 3.77. The van der Waals surface area contributed by atoms with E-state index in [9.17, 15) is 0 Å². The van der Waals surface area contributed by atoms with Gasteiger partial charge in [0.1, 0.15) is 16.3 Å². The summed E-state index contributed by atoms with van der Waals surface area (Å²) in [5.74, 6) is 0.770. The van der Waals surface area contributed by atoms with Gasteiger partial charge in [-0.2, -0.15) is 0 Å². The van der Waals surface area contributed by atoms with Gasteiger partial charge >= 0.3 is 0 Å². The number of nitrogens with zero attached hydrogens (tertiary/aromatic N) is 1. The lowest BCUT2D eigenvalue weighted by molar-refractivity contribution is 0.343. The molecule has 2 N–H and O–H groups in total. The number of thiocarbonyl (C=S) groups is 1. The third-order valence-corrected chi connectivity index (χ3v) is 2.77. The molecule has 88 valence electrons. The highest BCUT2D eigenvalue weighted by molar-refractivity contribution is 7.80. The molecule has 3 nitrogen and oxygen atoms in total. The van der Waals surface area contributed by atoms with E-state index in [0.29, 0.717) is 17.3 Å². The summed E-state index contributed by atoms with van der Waals surface area (Å²) in [6, 6.07) is 7.79. The number of fused-ring (bicyclic) bond motifs is 1. The number of aryl methyl sites for hydroxylation is 1. The maximum absolute atomic E-state index is 5.63. The minimum atomic E-state index is 0.307. The highest BCUT2D eigenvalue weighted by Crippen LogP contribution is 2.26. The van der Waals surface area contributed by atoms with Gasteiger partial charge in [-0.3, -0.25) is 0 Å². The van der Waals surface area contributed by atoms with Gasteiger partial charge in [-0.05, 0) is 31.5 Å². The van der Waals surface area contributed by atoms with E-state index in [0.717, 1.165) is 22.2 Å². The standard InChI is InChI=1S/C13H14N2OS/c1-3-16-11-6-4-5-9-8(2)7-10(13(14)17)15-12(9)11/h4-7H,3H2,1-2H3,(H2,14,17). The molecule has 0 bridgehead atoms. The number of ether oxygens (including phenoxy) is 1. The number of rotatable bonds is 3. The van der Waals surface area contributed by atoms with E-state index >= 15 is 0 Å². The normalized spacial score (nSPS) is 10.5. The van der Waals surface area contributed by atoms with Crippen molar-refractivity contribution in [3.05, 3.63) is 35.5 Å². The fourth-order valence-electron chi connectivity index (χ4n) is 1.79. The van der Waals surface area contributed by atoms with Crippen molar-refractivity contribution in [2.45, 2.75) is 13.8 Å². The predicted molar refractivity (Wildman–Crippen MR) is 73.5 cm³/mol. The van der Waals surface area contributed by atoms with Crippen molar-refractivity contribution in [1.82, 2.24) is 4.98 Å². The summed E-state index contributed by atoms with van der Waals surface area (Å²) >= 11 is 4.97. The maximum atomic E-state index is 5.63. The van der Waals surface area contributed by atoms with Gasteiger partial charge in [-0.1, -0.05) is 24.4 Å². The van der Waals surface area contributed by atoms with Crippen LogP contribution < -0.4 is 10.5 Å². The Morgan fingerprint density at radius 3 is 2.88 bits per heavy atom. The molecule has 0 spiro atoms. The van der Waals surface area contributed by atoms with E-state index in [1.807, 2.05) is 38.1 Å². The summed E-state index contributed by atoms with van der Waals surface area (Å²) in [6.45, 7) is 4.57. The van der Waals surface area contributed by atoms with Gasteiger partial charge in [0.2, 0.25) is 0 Å². The number of benzene rings is 1. The lowest BCUT2D eigenvalue weighted by atomic mass is 10.1. The van der Waals surface area contributed by atoms with E-state index < -0.39 is 0 Å². The van der Waals surface area contributed by atoms with Gasteiger partial charge in [0.05, 0.1) is 12.3 Å². The molecule has 0 fully saturated rings. The first-order chi connectivity index (χ1) is 8.13. The summed E-state index contributed by atoms with van der Waals surface area (Å²) in [6.07, 6.45) is 0. The molecule has 0 saturated heterocycles. The average molecular weight is 246 g/mol. The summed E-state index contributed by atoms with van der Waals surface area (Å²) in [5.41, 5.74) is 8.18. The Balaban J connectivity index is 2.73. The molecule has 0 aliphatic heterocycles. The van der Waals surface area contributed by atoms with Gasteiger partial charge < -0.3 is 10.5 Å². The fraction of sp³-hybridized carbons (Fsp3) is 0.231. The van der Waals surface area contributed by atoms with Crippen LogP contribution in [-0.2, 0) is 0 Å². The van der Waals surface area contributed by atoms with Crippen LogP contribution >= 0.6 is 12.2 Å². The first-order valence-corrected chi connectivity index (χ1v) is 5.87. The van der Waals surface area contributed by atoms with E-state index in [1.54, 1.807) is 0 Å². The summed E-state index contributed by atoms with van der Waals surface area (Å²) in [5, 5.41) is 1.07. The molecule has 0 aliphatic rings. The summed E-state index contributed by atoms with van der Waals surface area (Å²) in [4.78, 5) is 4.77. The highest BCUT2D eigenvalue weighted by atomic mass is 32.1. The van der Waals surface area contributed by atoms with Crippen molar-refractivity contribution in [3.63, 3.8) is 0 Å². The molecule has 1 aromatic carbocycles. The van der Waals surface area contributed by atoms with Crippen molar-refractivity contribution in [2.24, 2.45) is 5.73 Å². The van der Waals surface area contributed by atoms with Crippen LogP contribution in [0, 0.1) is 6.92 Å². The van der Waals surface area contributed by atoms with E-state index in [2.05, 4.69) is 4.98 Å². The lowest BCUT2D eigenvalue weighted by Gasteiger charge is -2.10. The van der Waals surface area contributed by atoms with Gasteiger partial charge in [0.15, 0.2) is 0 Å². The fourth-order valence-corrected chi connectivity index (χ4v) is 1.89. The van der Waals surface area contributed by atoms with Crippen molar-refractivity contribution in [3.8, 4) is 5.75 Å². The third-order valence-electron chi connectivity index (χ3n) is 2.56. The maximum Gasteiger partial charge on any atom is 0.145 e. The van der Waals surface area contributed by atoms with E-state index in [1.165, 1.54) is 0 Å². The smallest absolute Gasteiger partial charge is 0.145 e. The number of aromatic nitrogens is 1. The van der Waals surface area contributed by atoms with Crippen LogP contribution in [0.3, 0.4) is 0 Å². The van der Waals surface area contributed by atoms with Crippen molar-refractivity contribution < 1.29 is 4.74 Å². The Morgan fingerprint density at radius 2 is 2.24 bits per heavy atom. The second-order valence-corrected chi connectivity index (χ2v) is 4.21. The number of hydrogen-bond acceptors (Lipinski definition) is 3. The average Bonchev–Trinajstić information content (AvgIpc) is 2.30. The Labute approximate surface area is 106 Å². The number of hydrogen-bond donors (Lipinski definition) is 1. The minimum absolute atomic E-state index is 0.307. The summed E-state index contributed by atoms with van der Waals surface area (Å²) < 4.78 is 5.56. The summed E-state index contributed by atoms with van der Waals surface area (Å²) in [7, 11) is 0. The quantitative estimate of drug-likeness (QED) is 0.846. The molecular weight excluding hydrogens is 232 g/mol. The largest absolute Gasteiger partial charge is 0.492 e. The van der Waals surface area contributed by atoms with Crippen LogP contribution in [0.4, 0.5) is 0 Å². The number of para-hydroxylation sites is 1. The third kappa shape index (κ3) is 2.22. The molecule has 0 unspecified atom stereocenters. The number of nitrogens with two attached hydrogens (primary N) is 1. The van der Waals surface area contributed by atoms with Crippen LogP contribution in [0.2, 0.25) is 0 Å². The van der Waals surface area contributed by atoms with Gasteiger partial charge in [-0.15, -0.1) is 0 Å².